The summed E-state index contributed by atoms with van der Waals surface area (Å²) in [4.78, 5) is 76.3. The van der Waals surface area contributed by atoms with Crippen molar-refractivity contribution in [2.75, 3.05) is 49.6 Å². The molecule has 0 bridgehead atoms. The molecule has 0 unspecified atom stereocenters. The molecule has 330 valence electrons. The number of aliphatic imine (C=N–C) groups is 1. The number of ketones is 1. The zero-order valence-corrected chi connectivity index (χ0v) is 35.8. The lowest BCUT2D eigenvalue weighted by Crippen LogP contribution is -2.39. The molecule has 4 aliphatic heterocycles. The number of Topliss-reactive ketones (excluding diaryl/α,β-unsaturated/α-hetero) is 1. The Kier molecular flexibility index (Phi) is 12.5. The Bertz CT molecular complexity index is 2190. The minimum atomic E-state index is -0.534. The number of aliphatic hydroxyl groups excluding tert-OH is 1. The van der Waals surface area contributed by atoms with Crippen LogP contribution in [0.4, 0.5) is 21.0 Å². The highest BCUT2D eigenvalue weighted by Gasteiger charge is 2.43. The molecule has 4 N–H and O–H groups in total. The van der Waals surface area contributed by atoms with Crippen LogP contribution in [0, 0.1) is 0 Å². The summed E-state index contributed by atoms with van der Waals surface area (Å²) in [5.74, 6) is -1.40. The summed E-state index contributed by atoms with van der Waals surface area (Å²) in [6, 6.07) is 2.13. The highest BCUT2D eigenvalue weighted by molar-refractivity contribution is 6.42. The van der Waals surface area contributed by atoms with Crippen LogP contribution in [-0.4, -0.2) is 97.0 Å². The minimum absolute atomic E-state index is 0.0713. The van der Waals surface area contributed by atoms with E-state index in [0.29, 0.717) is 35.4 Å². The van der Waals surface area contributed by atoms with E-state index >= 15 is 0 Å². The van der Waals surface area contributed by atoms with Crippen molar-refractivity contribution < 1.29 is 38.6 Å². The number of nitrogens with one attached hydrogen (secondary N) is 3. The number of piperidine rings is 1. The minimum Gasteiger partial charge on any atom is -0.506 e. The number of carbonyl (C=O) groups is 5. The zero-order valence-electron chi connectivity index (χ0n) is 35.8. The van der Waals surface area contributed by atoms with E-state index in [-0.39, 0.29) is 66.7 Å². The van der Waals surface area contributed by atoms with Gasteiger partial charge in [0.2, 0.25) is 17.6 Å². The number of alkyl carbamates (subject to hydrolysis) is 2. The van der Waals surface area contributed by atoms with Crippen molar-refractivity contribution in [1.29, 1.82) is 0 Å². The molecule has 1 saturated heterocycles. The molecule has 62 heavy (non-hydrogen) atoms. The van der Waals surface area contributed by atoms with Crippen LogP contribution >= 0.6 is 0 Å². The third-order valence-electron chi connectivity index (χ3n) is 14.0. The number of carbonyl (C=O) groups excluding carboxylic acids is 5. The fraction of sp³-hybridized carbons (Fsp3) is 0.583. The molecule has 9 rings (SSSR count). The monoisotopic (exact) mass is 848 g/mol. The SMILES string of the molecule is O=C(CCOC(=O)NC1CCCCC1)N=C1C(=C2C(=O)C(c3cc4c5c(c3NC(=O)CCOC(=O)NC3CCCCC3)CCCN5CCC4)=C2O)C=C2CCCN3CCCC1=C23. The van der Waals surface area contributed by atoms with Crippen LogP contribution in [0.5, 0.6) is 0 Å². The van der Waals surface area contributed by atoms with E-state index in [1.54, 1.807) is 0 Å². The molecule has 14 nitrogen and oxygen atoms in total. The molecule has 0 atom stereocenters. The molecule has 0 spiro atoms. The third kappa shape index (κ3) is 8.66. The first kappa shape index (κ1) is 41.9. The Labute approximate surface area is 363 Å². The Morgan fingerprint density at radius 1 is 0.726 bits per heavy atom. The zero-order chi connectivity index (χ0) is 42.7. The second-order valence-electron chi connectivity index (χ2n) is 18.1. The lowest BCUT2D eigenvalue weighted by molar-refractivity contribution is -0.118. The van der Waals surface area contributed by atoms with Crippen LogP contribution in [0.1, 0.15) is 132 Å². The molecule has 8 aliphatic rings. The number of amides is 4. The number of allylic oxidation sites excluding steroid dienone is 6. The number of anilines is 2. The summed E-state index contributed by atoms with van der Waals surface area (Å²) in [7, 11) is 0. The van der Waals surface area contributed by atoms with Gasteiger partial charge in [0.15, 0.2) is 0 Å². The number of hydrogen-bond acceptors (Lipinski definition) is 10. The maximum atomic E-state index is 14.7. The van der Waals surface area contributed by atoms with Crippen LogP contribution in [-0.2, 0) is 36.7 Å². The number of nitrogens with zero attached hydrogens (tertiary/aromatic N) is 3. The molecule has 1 aromatic carbocycles. The van der Waals surface area contributed by atoms with Crippen molar-refractivity contribution in [1.82, 2.24) is 15.5 Å². The average Bonchev–Trinajstić information content (AvgIpc) is 3.27. The van der Waals surface area contributed by atoms with Gasteiger partial charge in [-0.05, 0) is 106 Å². The molecule has 0 aromatic heterocycles. The van der Waals surface area contributed by atoms with E-state index < -0.39 is 18.1 Å². The van der Waals surface area contributed by atoms with Gasteiger partial charge in [0.25, 0.3) is 0 Å². The highest BCUT2D eigenvalue weighted by atomic mass is 16.6. The van der Waals surface area contributed by atoms with Crippen LogP contribution in [0.25, 0.3) is 5.57 Å². The van der Waals surface area contributed by atoms with Crippen molar-refractivity contribution in [3.63, 3.8) is 0 Å². The fourth-order valence-electron chi connectivity index (χ4n) is 11.0. The molecular weight excluding hydrogens is 789 g/mol. The van der Waals surface area contributed by atoms with E-state index in [1.165, 1.54) is 12.8 Å². The summed E-state index contributed by atoms with van der Waals surface area (Å²) in [5, 5.41) is 21.1. The van der Waals surface area contributed by atoms with E-state index in [2.05, 4.69) is 30.7 Å². The third-order valence-corrected chi connectivity index (χ3v) is 14.0. The van der Waals surface area contributed by atoms with Gasteiger partial charge in [-0.3, -0.25) is 14.4 Å². The predicted octanol–water partition coefficient (Wildman–Crippen LogP) is 7.42. The fourth-order valence-corrected chi connectivity index (χ4v) is 11.0. The van der Waals surface area contributed by atoms with Gasteiger partial charge in [-0.15, -0.1) is 0 Å². The van der Waals surface area contributed by atoms with Gasteiger partial charge in [0, 0.05) is 66.4 Å². The molecular formula is C48H60N6O8. The number of ether oxygens (including phenoxy) is 2. The number of benzene rings is 1. The molecule has 0 radical (unpaired) electrons. The van der Waals surface area contributed by atoms with Crippen molar-refractivity contribution >= 4 is 52.4 Å². The van der Waals surface area contributed by atoms with Crippen LogP contribution in [0.15, 0.2) is 50.9 Å². The van der Waals surface area contributed by atoms with E-state index in [1.807, 2.05) is 12.1 Å². The van der Waals surface area contributed by atoms with E-state index in [9.17, 15) is 29.1 Å². The van der Waals surface area contributed by atoms with Gasteiger partial charge < -0.3 is 40.3 Å². The lowest BCUT2D eigenvalue weighted by Gasteiger charge is -2.42. The quantitative estimate of drug-likeness (QED) is 0.173. The number of aliphatic hydroxyl groups is 1. The first-order chi connectivity index (χ1) is 30.2. The van der Waals surface area contributed by atoms with Gasteiger partial charge in [0.05, 0.1) is 35.4 Å². The molecule has 2 saturated carbocycles. The molecule has 1 aromatic rings. The topological polar surface area (TPSA) is 179 Å². The summed E-state index contributed by atoms with van der Waals surface area (Å²) >= 11 is 0. The Balaban J connectivity index is 1.00. The van der Waals surface area contributed by atoms with Crippen molar-refractivity contribution in [3.05, 3.63) is 62.6 Å². The highest BCUT2D eigenvalue weighted by Crippen LogP contribution is 2.50. The number of rotatable bonds is 10. The van der Waals surface area contributed by atoms with Gasteiger partial charge in [-0.1, -0.05) is 38.5 Å². The van der Waals surface area contributed by atoms with Gasteiger partial charge in [0.1, 0.15) is 19.0 Å². The summed E-state index contributed by atoms with van der Waals surface area (Å²) in [6.45, 7) is 3.38. The molecule has 3 fully saturated rings. The number of aryl methyl sites for hydroxylation is 1. The van der Waals surface area contributed by atoms with E-state index in [4.69, 9.17) is 9.47 Å². The maximum absolute atomic E-state index is 14.7. The predicted molar refractivity (Wildman–Crippen MR) is 235 cm³/mol. The Hall–Kier alpha value is -5.40. The standard InChI is InChI=1S/C48H60N6O8/c55-37(19-25-61-47(59)49-31-13-3-1-4-14-31)51-41-33-17-9-23-53-21-7-11-29(43(33)53)27-35(41)39-45(57)40(46(39)58)36-28-30-12-8-22-54-24-10-18-34(44(30)54)42(36)52-38(56)20-26-62-48(60)50-32-15-5-2-6-16-32/h27-28,31-32,57H,1-26H2,(H,49,59)(H,50,60)(H,51,55). The smallest absolute Gasteiger partial charge is 0.407 e. The molecule has 4 heterocycles. The molecule has 14 heteroatoms. The molecule has 4 aliphatic carbocycles. The first-order valence-electron chi connectivity index (χ1n) is 23.4. The van der Waals surface area contributed by atoms with Gasteiger partial charge in [-0.25, -0.2) is 14.6 Å². The Morgan fingerprint density at radius 2 is 1.34 bits per heavy atom. The normalized spacial score (nSPS) is 23.3. The Morgan fingerprint density at radius 3 is 2.02 bits per heavy atom. The second-order valence-corrected chi connectivity index (χ2v) is 18.1. The number of hydrogen-bond donors (Lipinski definition) is 4. The van der Waals surface area contributed by atoms with Crippen LogP contribution < -0.4 is 20.9 Å². The van der Waals surface area contributed by atoms with Gasteiger partial charge >= 0.3 is 12.2 Å². The van der Waals surface area contributed by atoms with Gasteiger partial charge in [-0.2, -0.15) is 0 Å². The van der Waals surface area contributed by atoms with E-state index in [0.717, 1.165) is 150 Å². The largest absolute Gasteiger partial charge is 0.506 e. The maximum Gasteiger partial charge on any atom is 0.407 e. The van der Waals surface area contributed by atoms with Crippen molar-refractivity contribution in [3.8, 4) is 0 Å². The van der Waals surface area contributed by atoms with Crippen molar-refractivity contribution in [2.45, 2.75) is 141 Å². The van der Waals surface area contributed by atoms with Crippen LogP contribution in [0.2, 0.25) is 0 Å². The molecule has 4 amide bonds. The second kappa shape index (κ2) is 18.5. The summed E-state index contributed by atoms with van der Waals surface area (Å²) in [6.07, 6.45) is 17.6. The summed E-state index contributed by atoms with van der Waals surface area (Å²) < 4.78 is 10.8. The first-order valence-corrected chi connectivity index (χ1v) is 23.4. The van der Waals surface area contributed by atoms with Crippen LogP contribution in [0.3, 0.4) is 0 Å². The summed E-state index contributed by atoms with van der Waals surface area (Å²) in [5.41, 5.74) is 8.18. The van der Waals surface area contributed by atoms with Crippen molar-refractivity contribution in [2.24, 2.45) is 4.99 Å². The lowest BCUT2D eigenvalue weighted by atomic mass is 9.73. The average molecular weight is 849 g/mol.